The Labute approximate surface area is 152 Å². The van der Waals surface area contributed by atoms with E-state index in [0.717, 1.165) is 13.1 Å². The van der Waals surface area contributed by atoms with Gasteiger partial charge in [0.1, 0.15) is 11.7 Å². The Morgan fingerprint density at radius 3 is 2.85 bits per heavy atom. The number of rotatable bonds is 4. The lowest BCUT2D eigenvalue weighted by Crippen LogP contribution is -2.55. The molecule has 3 aliphatic heterocycles. The quantitative estimate of drug-likeness (QED) is 0.740. The Hall–Kier alpha value is -1.55. The summed E-state index contributed by atoms with van der Waals surface area (Å²) in [6, 6.07) is 3.70. The van der Waals surface area contributed by atoms with Crippen LogP contribution in [0.15, 0.2) is 24.5 Å². The van der Waals surface area contributed by atoms with Crippen molar-refractivity contribution in [2.45, 2.75) is 30.7 Å². The fourth-order valence-electron chi connectivity index (χ4n) is 3.83. The van der Waals surface area contributed by atoms with Gasteiger partial charge in [0.2, 0.25) is 5.91 Å². The molecule has 8 nitrogen and oxygen atoms in total. The van der Waals surface area contributed by atoms with E-state index >= 15 is 0 Å². The normalized spacial score (nSPS) is 31.6. The van der Waals surface area contributed by atoms with Crippen molar-refractivity contribution in [2.24, 2.45) is 0 Å². The third-order valence-corrected chi connectivity index (χ3v) is 6.96. The van der Waals surface area contributed by atoms with E-state index in [1.165, 1.54) is 5.56 Å². The number of carbonyl (C=O) groups is 1. The summed E-state index contributed by atoms with van der Waals surface area (Å²) < 4.78 is 34.1. The number of hydrogen-bond donors (Lipinski definition) is 1. The van der Waals surface area contributed by atoms with E-state index in [1.54, 1.807) is 12.4 Å². The lowest BCUT2D eigenvalue weighted by Gasteiger charge is -2.39. The van der Waals surface area contributed by atoms with Crippen LogP contribution in [0.1, 0.15) is 12.0 Å². The molecule has 1 aromatic rings. The molecule has 1 amide bonds. The maximum atomic E-state index is 12.4. The van der Waals surface area contributed by atoms with Crippen LogP contribution in [-0.2, 0) is 30.7 Å². The fraction of sp³-hybridized carbons (Fsp3) is 0.647. The van der Waals surface area contributed by atoms with Gasteiger partial charge in [-0.25, -0.2) is 8.42 Å². The third-order valence-electron chi connectivity index (χ3n) is 5.14. The highest BCUT2D eigenvalue weighted by molar-refractivity contribution is 7.92. The number of amides is 1. The van der Waals surface area contributed by atoms with Gasteiger partial charge < -0.3 is 14.8 Å². The second kappa shape index (κ2) is 6.88. The van der Waals surface area contributed by atoms with Gasteiger partial charge in [0.25, 0.3) is 0 Å². The Morgan fingerprint density at radius 2 is 2.12 bits per heavy atom. The first-order valence-corrected chi connectivity index (χ1v) is 10.6. The van der Waals surface area contributed by atoms with Crippen LogP contribution in [0.3, 0.4) is 0 Å². The number of ether oxygens (including phenoxy) is 2. The van der Waals surface area contributed by atoms with Gasteiger partial charge in [-0.3, -0.25) is 14.7 Å². The van der Waals surface area contributed by atoms with Crippen LogP contribution >= 0.6 is 0 Å². The maximum absolute atomic E-state index is 12.4. The average Bonchev–Trinajstić information content (AvgIpc) is 2.97. The third kappa shape index (κ3) is 3.90. The Balaban J connectivity index is 1.32. The number of aromatic nitrogens is 1. The molecule has 2 unspecified atom stereocenters. The summed E-state index contributed by atoms with van der Waals surface area (Å²) >= 11 is 0. The minimum atomic E-state index is -2.96. The second-order valence-corrected chi connectivity index (χ2v) is 9.54. The standard InChI is InChI=1S/C17H23N3O5S/c21-16(19-14-9-26(22,23)10-14)15-7-17(12-24-15)11-20(5-6-25-17)8-13-1-3-18-4-2-13/h1-4,14-15H,5-12H2,(H,19,21). The molecule has 4 rings (SSSR count). The lowest BCUT2D eigenvalue weighted by atomic mass is 9.97. The van der Waals surface area contributed by atoms with E-state index in [4.69, 9.17) is 9.47 Å². The molecule has 0 saturated carbocycles. The van der Waals surface area contributed by atoms with Crippen molar-refractivity contribution in [2.75, 3.05) is 37.8 Å². The number of carbonyl (C=O) groups excluding carboxylic acids is 1. The predicted molar refractivity (Wildman–Crippen MR) is 93.1 cm³/mol. The smallest absolute Gasteiger partial charge is 0.249 e. The first kappa shape index (κ1) is 17.8. The van der Waals surface area contributed by atoms with E-state index in [0.29, 0.717) is 26.2 Å². The number of sulfone groups is 1. The molecule has 0 bridgehead atoms. The number of morpholine rings is 1. The molecule has 3 saturated heterocycles. The zero-order valence-corrected chi connectivity index (χ0v) is 15.3. The number of nitrogens with one attached hydrogen (secondary N) is 1. The molecule has 2 atom stereocenters. The fourth-order valence-corrected chi connectivity index (χ4v) is 5.13. The summed E-state index contributed by atoms with van der Waals surface area (Å²) in [5.74, 6) is -0.198. The molecule has 3 aliphatic rings. The topological polar surface area (TPSA) is 97.8 Å². The van der Waals surface area contributed by atoms with E-state index in [-0.39, 0.29) is 23.5 Å². The Bertz CT molecular complexity index is 760. The average molecular weight is 381 g/mol. The molecule has 3 fully saturated rings. The van der Waals surface area contributed by atoms with Crippen molar-refractivity contribution in [3.63, 3.8) is 0 Å². The van der Waals surface area contributed by atoms with Crippen molar-refractivity contribution in [1.82, 2.24) is 15.2 Å². The van der Waals surface area contributed by atoms with Crippen molar-refractivity contribution in [3.05, 3.63) is 30.1 Å². The molecule has 0 aliphatic carbocycles. The van der Waals surface area contributed by atoms with Gasteiger partial charge in [0.05, 0.1) is 30.8 Å². The van der Waals surface area contributed by atoms with Gasteiger partial charge in [-0.1, -0.05) is 0 Å². The number of nitrogens with zero attached hydrogens (tertiary/aromatic N) is 2. The predicted octanol–water partition coefficient (Wildman–Crippen LogP) is -0.645. The number of hydrogen-bond acceptors (Lipinski definition) is 7. The highest BCUT2D eigenvalue weighted by Crippen LogP contribution is 2.32. The zero-order valence-electron chi connectivity index (χ0n) is 14.5. The van der Waals surface area contributed by atoms with Gasteiger partial charge in [0.15, 0.2) is 9.84 Å². The summed E-state index contributed by atoms with van der Waals surface area (Å²) in [5, 5.41) is 2.77. The molecule has 1 spiro atoms. The zero-order chi connectivity index (χ0) is 18.2. The Morgan fingerprint density at radius 1 is 1.35 bits per heavy atom. The lowest BCUT2D eigenvalue weighted by molar-refractivity contribution is -0.130. The van der Waals surface area contributed by atoms with E-state index < -0.39 is 21.5 Å². The van der Waals surface area contributed by atoms with Crippen molar-refractivity contribution in [3.8, 4) is 0 Å². The Kier molecular flexibility index (Phi) is 4.72. The molecule has 142 valence electrons. The highest BCUT2D eigenvalue weighted by atomic mass is 32.2. The minimum absolute atomic E-state index is 0.0206. The van der Waals surface area contributed by atoms with E-state index in [9.17, 15) is 13.2 Å². The molecule has 26 heavy (non-hydrogen) atoms. The molecule has 9 heteroatoms. The highest BCUT2D eigenvalue weighted by Gasteiger charge is 2.47. The summed E-state index contributed by atoms with van der Waals surface area (Å²) in [7, 11) is -2.96. The van der Waals surface area contributed by atoms with Crippen LogP contribution in [0, 0.1) is 0 Å². The number of pyridine rings is 1. The molecule has 4 heterocycles. The van der Waals surface area contributed by atoms with Gasteiger partial charge in [-0.2, -0.15) is 0 Å². The van der Waals surface area contributed by atoms with Crippen molar-refractivity contribution >= 4 is 15.7 Å². The van der Waals surface area contributed by atoms with Gasteiger partial charge >= 0.3 is 0 Å². The summed E-state index contributed by atoms with van der Waals surface area (Å²) in [5.41, 5.74) is 0.718. The van der Waals surface area contributed by atoms with E-state index in [1.807, 2.05) is 12.1 Å². The van der Waals surface area contributed by atoms with Gasteiger partial charge in [0, 0.05) is 38.4 Å². The molecule has 1 N–H and O–H groups in total. The molecular formula is C17H23N3O5S. The summed E-state index contributed by atoms with van der Waals surface area (Å²) in [4.78, 5) is 18.7. The van der Waals surface area contributed by atoms with Crippen LogP contribution in [-0.4, -0.2) is 79.8 Å². The first-order chi connectivity index (χ1) is 12.4. The summed E-state index contributed by atoms with van der Waals surface area (Å²) in [6.45, 7) is 3.33. The maximum Gasteiger partial charge on any atom is 0.249 e. The second-order valence-electron chi connectivity index (χ2n) is 7.38. The van der Waals surface area contributed by atoms with Crippen molar-refractivity contribution in [1.29, 1.82) is 0 Å². The molecule has 0 radical (unpaired) electrons. The van der Waals surface area contributed by atoms with Crippen LogP contribution in [0.2, 0.25) is 0 Å². The SMILES string of the molecule is O=C(NC1CS(=O)(=O)C1)C1CC2(CO1)CN(Cc1ccncc1)CCO2. The molecule has 0 aromatic carbocycles. The van der Waals surface area contributed by atoms with Gasteiger partial charge in [-0.15, -0.1) is 0 Å². The van der Waals surface area contributed by atoms with Crippen molar-refractivity contribution < 1.29 is 22.7 Å². The molecule has 1 aromatic heterocycles. The van der Waals surface area contributed by atoms with E-state index in [2.05, 4.69) is 15.2 Å². The van der Waals surface area contributed by atoms with Crippen LogP contribution in [0.4, 0.5) is 0 Å². The molecular weight excluding hydrogens is 358 g/mol. The van der Waals surface area contributed by atoms with Crippen LogP contribution in [0.25, 0.3) is 0 Å². The van der Waals surface area contributed by atoms with Crippen LogP contribution < -0.4 is 5.32 Å². The largest absolute Gasteiger partial charge is 0.370 e. The van der Waals surface area contributed by atoms with Gasteiger partial charge in [-0.05, 0) is 17.7 Å². The van der Waals surface area contributed by atoms with Crippen LogP contribution in [0.5, 0.6) is 0 Å². The minimum Gasteiger partial charge on any atom is -0.370 e. The monoisotopic (exact) mass is 381 g/mol. The first-order valence-electron chi connectivity index (χ1n) is 8.81. The summed E-state index contributed by atoms with van der Waals surface area (Å²) in [6.07, 6.45) is 3.47.